The second kappa shape index (κ2) is 8.08. The van der Waals surface area contributed by atoms with Crippen LogP contribution in [0.4, 0.5) is 5.69 Å². The first-order valence-corrected chi connectivity index (χ1v) is 8.45. The van der Waals surface area contributed by atoms with Crippen LogP contribution in [-0.2, 0) is 4.79 Å². The second-order valence-corrected chi connectivity index (χ2v) is 6.72. The van der Waals surface area contributed by atoms with Crippen LogP contribution < -0.4 is 5.32 Å². The van der Waals surface area contributed by atoms with E-state index in [1.54, 1.807) is 12.1 Å². The van der Waals surface area contributed by atoms with Crippen molar-refractivity contribution in [3.8, 4) is 0 Å². The third-order valence-corrected chi connectivity index (χ3v) is 5.01. The number of carbonyl (C=O) groups excluding carboxylic acids is 1. The lowest BCUT2D eigenvalue weighted by Gasteiger charge is -2.20. The van der Waals surface area contributed by atoms with E-state index in [0.717, 1.165) is 5.75 Å². The summed E-state index contributed by atoms with van der Waals surface area (Å²) in [5.41, 5.74) is 0.729. The fourth-order valence-electron chi connectivity index (χ4n) is 2.50. The zero-order valence-corrected chi connectivity index (χ0v) is 12.8. The molecule has 1 aromatic rings. The van der Waals surface area contributed by atoms with Gasteiger partial charge in [0.15, 0.2) is 0 Å². The van der Waals surface area contributed by atoms with E-state index in [4.69, 9.17) is 5.11 Å². The lowest BCUT2D eigenvalue weighted by atomic mass is 10.0. The molecule has 0 spiro atoms. The average Bonchev–Trinajstić information content (AvgIpc) is 2.48. The molecule has 1 saturated carbocycles. The molecule has 0 unspecified atom stereocenters. The first kappa shape index (κ1) is 15.9. The van der Waals surface area contributed by atoms with Gasteiger partial charge < -0.3 is 10.4 Å². The van der Waals surface area contributed by atoms with Gasteiger partial charge in [-0.05, 0) is 31.0 Å². The van der Waals surface area contributed by atoms with Crippen LogP contribution in [0, 0.1) is 0 Å². The van der Waals surface area contributed by atoms with Gasteiger partial charge in [0.25, 0.3) is 0 Å². The van der Waals surface area contributed by atoms with Crippen molar-refractivity contribution in [3.05, 3.63) is 29.8 Å². The number of anilines is 1. The minimum Gasteiger partial charge on any atom is -0.478 e. The maximum absolute atomic E-state index is 11.9. The molecule has 0 radical (unpaired) electrons. The first-order chi connectivity index (χ1) is 10.1. The van der Waals surface area contributed by atoms with Crippen molar-refractivity contribution in [1.29, 1.82) is 0 Å². The van der Waals surface area contributed by atoms with Crippen molar-refractivity contribution in [2.75, 3.05) is 11.1 Å². The molecular formula is C16H21NO3S. The molecule has 4 nitrogen and oxygen atoms in total. The summed E-state index contributed by atoms with van der Waals surface area (Å²) in [6.45, 7) is 0. The zero-order chi connectivity index (χ0) is 15.1. The number of aromatic carboxylic acids is 1. The number of thioether (sulfide) groups is 1. The van der Waals surface area contributed by atoms with E-state index in [2.05, 4.69) is 5.32 Å². The molecule has 0 aromatic heterocycles. The van der Waals surface area contributed by atoms with Gasteiger partial charge in [-0.1, -0.05) is 25.3 Å². The van der Waals surface area contributed by atoms with Gasteiger partial charge in [0, 0.05) is 23.1 Å². The van der Waals surface area contributed by atoms with Crippen LogP contribution in [0.15, 0.2) is 24.3 Å². The van der Waals surface area contributed by atoms with E-state index in [0.29, 0.717) is 17.4 Å². The van der Waals surface area contributed by atoms with Gasteiger partial charge in [-0.25, -0.2) is 4.79 Å². The molecule has 0 atom stereocenters. The Morgan fingerprint density at radius 1 is 1.24 bits per heavy atom. The summed E-state index contributed by atoms with van der Waals surface area (Å²) in [6, 6.07) is 6.33. The van der Waals surface area contributed by atoms with Gasteiger partial charge in [-0.15, -0.1) is 0 Å². The predicted octanol–water partition coefficient (Wildman–Crippen LogP) is 3.78. The van der Waals surface area contributed by atoms with Crippen LogP contribution >= 0.6 is 11.8 Å². The van der Waals surface area contributed by atoms with Crippen LogP contribution in [-0.4, -0.2) is 28.0 Å². The number of carbonyl (C=O) groups is 2. The number of rotatable bonds is 6. The molecule has 2 N–H and O–H groups in total. The van der Waals surface area contributed by atoms with E-state index < -0.39 is 5.97 Å². The largest absolute Gasteiger partial charge is 0.478 e. The first-order valence-electron chi connectivity index (χ1n) is 7.40. The lowest BCUT2D eigenvalue weighted by molar-refractivity contribution is -0.115. The molecule has 0 saturated heterocycles. The van der Waals surface area contributed by atoms with Crippen molar-refractivity contribution in [3.63, 3.8) is 0 Å². The summed E-state index contributed by atoms with van der Waals surface area (Å²) in [6.07, 6.45) is 6.98. The van der Waals surface area contributed by atoms with Gasteiger partial charge in [0.1, 0.15) is 0 Å². The maximum atomic E-state index is 11.9. The highest BCUT2D eigenvalue weighted by molar-refractivity contribution is 7.99. The van der Waals surface area contributed by atoms with Crippen molar-refractivity contribution in [2.45, 2.75) is 43.8 Å². The van der Waals surface area contributed by atoms with Gasteiger partial charge in [-0.3, -0.25) is 4.79 Å². The fourth-order valence-corrected chi connectivity index (χ4v) is 3.81. The Bertz CT molecular complexity index is 498. The Morgan fingerprint density at radius 2 is 2.00 bits per heavy atom. The van der Waals surface area contributed by atoms with Gasteiger partial charge in [-0.2, -0.15) is 11.8 Å². The van der Waals surface area contributed by atoms with E-state index in [-0.39, 0.29) is 11.5 Å². The normalized spacial score (nSPS) is 15.6. The summed E-state index contributed by atoms with van der Waals surface area (Å²) in [5, 5.41) is 12.4. The molecule has 0 aliphatic heterocycles. The SMILES string of the molecule is O=C(CCSC1CCCCC1)Nc1cccc(C(=O)O)c1. The van der Waals surface area contributed by atoms with E-state index in [1.807, 2.05) is 11.8 Å². The predicted molar refractivity (Wildman–Crippen MR) is 86.0 cm³/mol. The van der Waals surface area contributed by atoms with Crippen LogP contribution in [0.3, 0.4) is 0 Å². The highest BCUT2D eigenvalue weighted by Crippen LogP contribution is 2.28. The third-order valence-electron chi connectivity index (χ3n) is 3.63. The lowest BCUT2D eigenvalue weighted by Crippen LogP contribution is -2.14. The van der Waals surface area contributed by atoms with Crippen molar-refractivity contribution in [2.24, 2.45) is 0 Å². The average molecular weight is 307 g/mol. The number of carboxylic acids is 1. The third kappa shape index (κ3) is 5.42. The molecule has 1 aliphatic carbocycles. The number of amides is 1. The molecule has 1 aliphatic rings. The van der Waals surface area contributed by atoms with Crippen molar-refractivity contribution in [1.82, 2.24) is 0 Å². The maximum Gasteiger partial charge on any atom is 0.335 e. The topological polar surface area (TPSA) is 66.4 Å². The summed E-state index contributed by atoms with van der Waals surface area (Å²) < 4.78 is 0. The van der Waals surface area contributed by atoms with Crippen molar-refractivity contribution < 1.29 is 14.7 Å². The summed E-state index contributed by atoms with van der Waals surface area (Å²) in [4.78, 5) is 22.7. The number of hydrogen-bond donors (Lipinski definition) is 2. The Kier molecular flexibility index (Phi) is 6.11. The van der Waals surface area contributed by atoms with Gasteiger partial charge >= 0.3 is 5.97 Å². The van der Waals surface area contributed by atoms with Crippen LogP contribution in [0.2, 0.25) is 0 Å². The van der Waals surface area contributed by atoms with E-state index in [9.17, 15) is 9.59 Å². The van der Waals surface area contributed by atoms with Crippen LogP contribution in [0.25, 0.3) is 0 Å². The molecule has 1 fully saturated rings. The van der Waals surface area contributed by atoms with Crippen LogP contribution in [0.5, 0.6) is 0 Å². The van der Waals surface area contributed by atoms with Crippen molar-refractivity contribution >= 4 is 29.3 Å². The quantitative estimate of drug-likeness (QED) is 0.839. The Hall–Kier alpha value is -1.49. The molecule has 0 bridgehead atoms. The molecule has 1 amide bonds. The highest BCUT2D eigenvalue weighted by Gasteiger charge is 2.14. The number of hydrogen-bond acceptors (Lipinski definition) is 3. The Morgan fingerprint density at radius 3 is 2.71 bits per heavy atom. The second-order valence-electron chi connectivity index (χ2n) is 5.31. The molecule has 2 rings (SSSR count). The molecular weight excluding hydrogens is 286 g/mol. The fraction of sp³-hybridized carbons (Fsp3) is 0.500. The monoisotopic (exact) mass is 307 g/mol. The highest BCUT2D eigenvalue weighted by atomic mass is 32.2. The molecule has 5 heteroatoms. The van der Waals surface area contributed by atoms with E-state index in [1.165, 1.54) is 44.2 Å². The molecule has 21 heavy (non-hydrogen) atoms. The van der Waals surface area contributed by atoms with Crippen LogP contribution in [0.1, 0.15) is 48.9 Å². The standard InChI is InChI=1S/C16H21NO3S/c18-15(9-10-21-14-7-2-1-3-8-14)17-13-6-4-5-12(11-13)16(19)20/h4-6,11,14H,1-3,7-10H2,(H,17,18)(H,19,20). The summed E-state index contributed by atoms with van der Waals surface area (Å²) in [7, 11) is 0. The minimum atomic E-state index is -0.987. The Labute approximate surface area is 129 Å². The number of benzene rings is 1. The number of carboxylic acid groups (broad SMARTS) is 1. The molecule has 1 aromatic carbocycles. The number of nitrogens with one attached hydrogen (secondary N) is 1. The summed E-state index contributed by atoms with van der Waals surface area (Å²) >= 11 is 1.89. The minimum absolute atomic E-state index is 0.0548. The zero-order valence-electron chi connectivity index (χ0n) is 12.0. The summed E-state index contributed by atoms with van der Waals surface area (Å²) in [5.74, 6) is -0.213. The van der Waals surface area contributed by atoms with Gasteiger partial charge in [0.05, 0.1) is 5.56 Å². The van der Waals surface area contributed by atoms with E-state index >= 15 is 0 Å². The molecule has 114 valence electrons. The Balaban J connectivity index is 1.73. The molecule has 0 heterocycles. The smallest absolute Gasteiger partial charge is 0.335 e. The van der Waals surface area contributed by atoms with Gasteiger partial charge in [0.2, 0.25) is 5.91 Å².